The van der Waals surface area contributed by atoms with Crippen LogP contribution in [0.3, 0.4) is 0 Å². The van der Waals surface area contributed by atoms with Crippen molar-refractivity contribution in [1.29, 1.82) is 0 Å². The number of rotatable bonds is 4. The highest BCUT2D eigenvalue weighted by Crippen LogP contribution is 2.38. The molecular formula is C21H22FN3O. The van der Waals surface area contributed by atoms with E-state index in [1.165, 1.54) is 29.0 Å². The first-order valence-electron chi connectivity index (χ1n) is 8.67. The zero-order valence-corrected chi connectivity index (χ0v) is 15.1. The van der Waals surface area contributed by atoms with Crippen molar-refractivity contribution in [3.8, 4) is 0 Å². The number of allylic oxidation sites excluding steroid dienone is 3. The second-order valence-electron chi connectivity index (χ2n) is 6.79. The molecule has 3 rings (SSSR count). The Morgan fingerprint density at radius 2 is 2.12 bits per heavy atom. The third kappa shape index (κ3) is 3.87. The topological polar surface area (TPSA) is 54.9 Å². The first-order valence-corrected chi connectivity index (χ1v) is 8.67. The molecule has 2 heterocycles. The van der Waals surface area contributed by atoms with E-state index < -0.39 is 11.7 Å². The molecule has 1 atom stereocenters. The van der Waals surface area contributed by atoms with Crippen LogP contribution in [0.4, 0.5) is 10.2 Å². The Bertz CT molecular complexity index is 871. The molecule has 0 saturated heterocycles. The molecule has 0 spiro atoms. The van der Waals surface area contributed by atoms with Crippen molar-refractivity contribution in [2.24, 2.45) is 5.92 Å². The van der Waals surface area contributed by atoms with Gasteiger partial charge in [-0.3, -0.25) is 9.78 Å². The average molecular weight is 351 g/mol. The quantitative estimate of drug-likeness (QED) is 0.787. The molecule has 0 unspecified atom stereocenters. The molecular weight excluding hydrogens is 329 g/mol. The van der Waals surface area contributed by atoms with Gasteiger partial charge in [-0.1, -0.05) is 17.7 Å². The van der Waals surface area contributed by atoms with Gasteiger partial charge in [-0.2, -0.15) is 0 Å². The normalized spacial score (nSPS) is 17.1. The van der Waals surface area contributed by atoms with Gasteiger partial charge in [0.1, 0.15) is 5.82 Å². The van der Waals surface area contributed by atoms with Crippen LogP contribution in [0, 0.1) is 11.7 Å². The molecule has 1 aliphatic carbocycles. The molecule has 0 saturated carbocycles. The summed E-state index contributed by atoms with van der Waals surface area (Å²) in [6, 6.07) is 5.04. The summed E-state index contributed by atoms with van der Waals surface area (Å²) in [6.45, 7) is 8.33. The fraction of sp³-hybridized carbons (Fsp3) is 0.286. The van der Waals surface area contributed by atoms with Gasteiger partial charge in [0.05, 0.1) is 11.8 Å². The molecule has 4 nitrogen and oxygen atoms in total. The van der Waals surface area contributed by atoms with E-state index in [1.54, 1.807) is 12.3 Å². The molecule has 0 aromatic carbocycles. The minimum atomic E-state index is -0.657. The maximum atomic E-state index is 13.6. The largest absolute Gasteiger partial charge is 0.306 e. The second kappa shape index (κ2) is 7.60. The zero-order valence-electron chi connectivity index (χ0n) is 15.1. The summed E-state index contributed by atoms with van der Waals surface area (Å²) in [6.07, 6.45) is 7.33. The third-order valence-electron chi connectivity index (χ3n) is 4.90. The Hall–Kier alpha value is -2.82. The van der Waals surface area contributed by atoms with Crippen LogP contribution in [-0.4, -0.2) is 15.9 Å². The lowest BCUT2D eigenvalue weighted by atomic mass is 9.79. The van der Waals surface area contributed by atoms with Gasteiger partial charge in [-0.25, -0.2) is 9.37 Å². The highest BCUT2D eigenvalue weighted by Gasteiger charge is 2.21. The highest BCUT2D eigenvalue weighted by molar-refractivity contribution is 6.03. The van der Waals surface area contributed by atoms with Crippen molar-refractivity contribution in [3.05, 3.63) is 71.5 Å². The summed E-state index contributed by atoms with van der Waals surface area (Å²) < 4.78 is 13.6. The van der Waals surface area contributed by atoms with Crippen molar-refractivity contribution < 1.29 is 9.18 Å². The van der Waals surface area contributed by atoms with Gasteiger partial charge in [-0.15, -0.1) is 0 Å². The van der Waals surface area contributed by atoms with E-state index >= 15 is 0 Å². The van der Waals surface area contributed by atoms with Crippen LogP contribution < -0.4 is 5.32 Å². The van der Waals surface area contributed by atoms with Gasteiger partial charge >= 0.3 is 0 Å². The van der Waals surface area contributed by atoms with Crippen molar-refractivity contribution >= 4 is 17.3 Å². The van der Waals surface area contributed by atoms with E-state index in [-0.39, 0.29) is 5.56 Å². The number of hydrogen-bond acceptors (Lipinski definition) is 3. The molecule has 1 aliphatic rings. The van der Waals surface area contributed by atoms with Crippen molar-refractivity contribution in [2.75, 3.05) is 5.32 Å². The third-order valence-corrected chi connectivity index (χ3v) is 4.90. The maximum Gasteiger partial charge on any atom is 0.259 e. The predicted octanol–water partition coefficient (Wildman–Crippen LogP) is 5.02. The Morgan fingerprint density at radius 3 is 2.77 bits per heavy atom. The monoisotopic (exact) mass is 351 g/mol. The first-order chi connectivity index (χ1) is 12.5. The van der Waals surface area contributed by atoms with Crippen LogP contribution in [0.15, 0.2) is 54.5 Å². The lowest BCUT2D eigenvalue weighted by molar-refractivity contribution is 0.102. The number of anilines is 1. The summed E-state index contributed by atoms with van der Waals surface area (Å²) >= 11 is 0. The number of nitrogens with one attached hydrogen (secondary N) is 1. The minimum absolute atomic E-state index is 0.0546. The number of carbonyl (C=O) groups is 1. The van der Waals surface area contributed by atoms with E-state index in [2.05, 4.69) is 35.7 Å². The number of hydrogen-bond donors (Lipinski definition) is 1. The van der Waals surface area contributed by atoms with Crippen LogP contribution in [0.25, 0.3) is 5.57 Å². The number of halogens is 1. The van der Waals surface area contributed by atoms with Crippen LogP contribution >= 0.6 is 0 Å². The smallest absolute Gasteiger partial charge is 0.259 e. The van der Waals surface area contributed by atoms with Crippen LogP contribution in [0.5, 0.6) is 0 Å². The Kier molecular flexibility index (Phi) is 5.26. The van der Waals surface area contributed by atoms with Crippen LogP contribution in [0.2, 0.25) is 0 Å². The Balaban J connectivity index is 1.75. The van der Waals surface area contributed by atoms with E-state index in [0.717, 1.165) is 31.0 Å². The summed E-state index contributed by atoms with van der Waals surface area (Å²) in [5, 5.41) is 2.62. The number of amides is 1. The molecule has 134 valence electrons. The van der Waals surface area contributed by atoms with E-state index in [9.17, 15) is 9.18 Å². The van der Waals surface area contributed by atoms with Crippen LogP contribution in [0.1, 0.15) is 49.0 Å². The van der Waals surface area contributed by atoms with Gasteiger partial charge in [0.2, 0.25) is 0 Å². The minimum Gasteiger partial charge on any atom is -0.306 e. The fourth-order valence-electron chi connectivity index (χ4n) is 3.24. The lowest BCUT2D eigenvalue weighted by Crippen LogP contribution is -2.15. The number of carbonyl (C=O) groups excluding carboxylic acids is 1. The van der Waals surface area contributed by atoms with Gasteiger partial charge in [0, 0.05) is 12.4 Å². The second-order valence-corrected chi connectivity index (χ2v) is 6.79. The van der Waals surface area contributed by atoms with Gasteiger partial charge < -0.3 is 5.32 Å². The van der Waals surface area contributed by atoms with E-state index in [1.807, 2.05) is 6.07 Å². The van der Waals surface area contributed by atoms with Crippen LogP contribution in [-0.2, 0) is 0 Å². The molecule has 0 radical (unpaired) electrons. The molecule has 2 aromatic heterocycles. The number of aromatic nitrogens is 2. The molecule has 2 aromatic rings. The fourth-order valence-corrected chi connectivity index (χ4v) is 3.24. The molecule has 5 heteroatoms. The van der Waals surface area contributed by atoms with Gasteiger partial charge in [-0.05, 0) is 68.4 Å². The van der Waals surface area contributed by atoms with Crippen molar-refractivity contribution in [1.82, 2.24) is 9.97 Å². The summed E-state index contributed by atoms with van der Waals surface area (Å²) in [5.41, 5.74) is 4.89. The van der Waals surface area contributed by atoms with E-state index in [0.29, 0.717) is 11.7 Å². The standard InChI is InChI=1S/C21H22FN3O/c1-13(2)15-5-4-14(3)18(10-15)16-6-7-20(24-11-16)25-21(26)17-8-9-23-12-19(17)22/h6-9,11-12,15H,1,4-5,10H2,2-3H3,(H,24,25,26)/t15-/m0/s1. The SMILES string of the molecule is C=C(C)[C@H]1CCC(C)=C(c2ccc(NC(=O)c3ccncc3F)nc2)C1. The van der Waals surface area contributed by atoms with Crippen molar-refractivity contribution in [2.45, 2.75) is 33.1 Å². The van der Waals surface area contributed by atoms with Gasteiger partial charge in [0.15, 0.2) is 5.82 Å². The molecule has 1 N–H and O–H groups in total. The van der Waals surface area contributed by atoms with Gasteiger partial charge in [0.25, 0.3) is 5.91 Å². The van der Waals surface area contributed by atoms with Crippen molar-refractivity contribution in [3.63, 3.8) is 0 Å². The number of pyridine rings is 2. The summed E-state index contributed by atoms with van der Waals surface area (Å²) in [7, 11) is 0. The molecule has 0 fully saturated rings. The maximum absolute atomic E-state index is 13.6. The summed E-state index contributed by atoms with van der Waals surface area (Å²) in [4.78, 5) is 20.1. The molecule has 1 amide bonds. The Labute approximate surface area is 152 Å². The Morgan fingerprint density at radius 1 is 1.31 bits per heavy atom. The van der Waals surface area contributed by atoms with E-state index in [4.69, 9.17) is 0 Å². The zero-order chi connectivity index (χ0) is 18.7. The average Bonchev–Trinajstić information content (AvgIpc) is 2.63. The molecule has 0 aliphatic heterocycles. The predicted molar refractivity (Wildman–Crippen MR) is 101 cm³/mol. The first kappa shape index (κ1) is 18.0. The lowest BCUT2D eigenvalue weighted by Gasteiger charge is -2.26. The summed E-state index contributed by atoms with van der Waals surface area (Å²) in [5.74, 6) is -0.306. The molecule has 26 heavy (non-hydrogen) atoms. The molecule has 0 bridgehead atoms. The highest BCUT2D eigenvalue weighted by atomic mass is 19.1. The number of nitrogens with zero attached hydrogens (tertiary/aromatic N) is 2.